The number of rotatable bonds is 2. The summed E-state index contributed by atoms with van der Waals surface area (Å²) >= 11 is 5.87. The molecule has 0 aliphatic rings. The van der Waals surface area contributed by atoms with Gasteiger partial charge in [0.15, 0.2) is 0 Å². The van der Waals surface area contributed by atoms with Gasteiger partial charge >= 0.3 is 0 Å². The number of hydrogen-bond donors (Lipinski definition) is 1. The average Bonchev–Trinajstić information content (AvgIpc) is 2.26. The summed E-state index contributed by atoms with van der Waals surface area (Å²) in [5.74, 6) is 0.514. The zero-order valence-electron chi connectivity index (χ0n) is 10.4. The Morgan fingerprint density at radius 3 is 2.42 bits per heavy atom. The molecule has 0 unspecified atom stereocenters. The van der Waals surface area contributed by atoms with Gasteiger partial charge in [-0.25, -0.2) is 23.5 Å². The van der Waals surface area contributed by atoms with Crippen molar-refractivity contribution in [3.8, 4) is 11.3 Å². The SMILES string of the molecule is Cc1nc(Cl)cc(-c2ccc(C)c(S(N)(=O)=O)c2)n1. The van der Waals surface area contributed by atoms with Gasteiger partial charge in [0.25, 0.3) is 0 Å². The van der Waals surface area contributed by atoms with Gasteiger partial charge in [-0.1, -0.05) is 23.7 Å². The van der Waals surface area contributed by atoms with Gasteiger partial charge in [-0.15, -0.1) is 0 Å². The molecular formula is C12H12ClN3O2S. The number of halogens is 1. The van der Waals surface area contributed by atoms with E-state index in [1.807, 2.05) is 0 Å². The lowest BCUT2D eigenvalue weighted by atomic mass is 10.1. The van der Waals surface area contributed by atoms with E-state index in [0.717, 1.165) is 0 Å². The molecule has 19 heavy (non-hydrogen) atoms. The fourth-order valence-electron chi connectivity index (χ4n) is 1.75. The van der Waals surface area contributed by atoms with Crippen LogP contribution in [0.4, 0.5) is 0 Å². The first-order valence-electron chi connectivity index (χ1n) is 5.42. The maximum absolute atomic E-state index is 11.5. The van der Waals surface area contributed by atoms with Gasteiger partial charge < -0.3 is 0 Å². The maximum atomic E-state index is 11.5. The molecule has 1 aromatic heterocycles. The zero-order valence-corrected chi connectivity index (χ0v) is 12.0. The molecule has 2 N–H and O–H groups in total. The maximum Gasteiger partial charge on any atom is 0.238 e. The summed E-state index contributed by atoms with van der Waals surface area (Å²) in [5, 5.41) is 5.48. The highest BCUT2D eigenvalue weighted by Crippen LogP contribution is 2.24. The first-order chi connectivity index (χ1) is 8.77. The van der Waals surface area contributed by atoms with Gasteiger partial charge in [0.1, 0.15) is 11.0 Å². The molecule has 0 radical (unpaired) electrons. The van der Waals surface area contributed by atoms with Gasteiger partial charge in [0, 0.05) is 11.6 Å². The molecule has 2 rings (SSSR count). The smallest absolute Gasteiger partial charge is 0.233 e. The molecule has 0 bridgehead atoms. The Morgan fingerprint density at radius 1 is 1.16 bits per heavy atom. The monoisotopic (exact) mass is 297 g/mol. The van der Waals surface area contributed by atoms with Crippen LogP contribution in [0.1, 0.15) is 11.4 Å². The highest BCUT2D eigenvalue weighted by molar-refractivity contribution is 7.89. The summed E-state index contributed by atoms with van der Waals surface area (Å²) in [6.45, 7) is 3.39. The van der Waals surface area contributed by atoms with E-state index in [4.69, 9.17) is 16.7 Å². The van der Waals surface area contributed by atoms with Crippen LogP contribution in [0, 0.1) is 13.8 Å². The number of nitrogens with two attached hydrogens (primary N) is 1. The molecule has 0 amide bonds. The van der Waals surface area contributed by atoms with Gasteiger partial charge in [-0.05, 0) is 25.5 Å². The number of aromatic nitrogens is 2. The van der Waals surface area contributed by atoms with Gasteiger partial charge in [0.2, 0.25) is 10.0 Å². The predicted molar refractivity (Wildman–Crippen MR) is 73.3 cm³/mol. The quantitative estimate of drug-likeness (QED) is 0.860. The fraction of sp³-hybridized carbons (Fsp3) is 0.167. The van der Waals surface area contributed by atoms with Crippen LogP contribution in [-0.4, -0.2) is 18.4 Å². The third kappa shape index (κ3) is 3.09. The summed E-state index contributed by atoms with van der Waals surface area (Å²) < 4.78 is 23.0. The topological polar surface area (TPSA) is 85.9 Å². The standard InChI is InChI=1S/C12H12ClN3O2S/c1-7-3-4-9(5-11(7)19(14,17)18)10-6-12(13)16-8(2)15-10/h3-6H,1-2H3,(H2,14,17,18). The normalized spacial score (nSPS) is 11.6. The Bertz CT molecular complexity index is 724. The summed E-state index contributed by atoms with van der Waals surface area (Å²) in [5.41, 5.74) is 1.77. The number of nitrogens with zero attached hydrogens (tertiary/aromatic N) is 2. The van der Waals surface area contributed by atoms with Crippen LogP contribution in [0.15, 0.2) is 29.2 Å². The van der Waals surface area contributed by atoms with E-state index in [0.29, 0.717) is 27.8 Å². The zero-order chi connectivity index (χ0) is 14.2. The van der Waals surface area contributed by atoms with Crippen molar-refractivity contribution in [1.29, 1.82) is 0 Å². The Labute approximate surface area is 116 Å². The number of sulfonamides is 1. The van der Waals surface area contributed by atoms with Crippen molar-refractivity contribution in [3.05, 3.63) is 40.8 Å². The Morgan fingerprint density at radius 2 is 1.84 bits per heavy atom. The number of benzene rings is 1. The van der Waals surface area contributed by atoms with Crippen LogP contribution in [0.3, 0.4) is 0 Å². The molecule has 0 atom stereocenters. The second-order valence-electron chi connectivity index (χ2n) is 4.15. The number of hydrogen-bond acceptors (Lipinski definition) is 4. The highest BCUT2D eigenvalue weighted by Gasteiger charge is 2.13. The summed E-state index contributed by atoms with van der Waals surface area (Å²) in [6, 6.07) is 6.51. The number of aryl methyl sites for hydroxylation is 2. The third-order valence-electron chi connectivity index (χ3n) is 2.60. The molecule has 0 saturated carbocycles. The molecule has 2 aromatic rings. The Balaban J connectivity index is 2.64. The minimum Gasteiger partial charge on any atom is -0.233 e. The molecule has 0 fully saturated rings. The molecule has 0 spiro atoms. The van der Waals surface area contributed by atoms with Crippen LogP contribution in [-0.2, 0) is 10.0 Å². The van der Waals surface area contributed by atoms with Crippen molar-refractivity contribution in [2.75, 3.05) is 0 Å². The second-order valence-corrected chi connectivity index (χ2v) is 6.07. The highest BCUT2D eigenvalue weighted by atomic mass is 35.5. The lowest BCUT2D eigenvalue weighted by Crippen LogP contribution is -2.13. The molecular weight excluding hydrogens is 286 g/mol. The van der Waals surface area contributed by atoms with Crippen molar-refractivity contribution in [1.82, 2.24) is 9.97 Å². The van der Waals surface area contributed by atoms with Crippen molar-refractivity contribution in [2.45, 2.75) is 18.7 Å². The van der Waals surface area contributed by atoms with Crippen molar-refractivity contribution in [2.24, 2.45) is 5.14 Å². The van der Waals surface area contributed by atoms with Crippen molar-refractivity contribution in [3.63, 3.8) is 0 Å². The van der Waals surface area contributed by atoms with E-state index in [1.165, 1.54) is 6.07 Å². The largest absolute Gasteiger partial charge is 0.238 e. The minimum atomic E-state index is -3.76. The van der Waals surface area contributed by atoms with Crippen molar-refractivity contribution >= 4 is 21.6 Å². The lowest BCUT2D eigenvalue weighted by molar-refractivity contribution is 0.597. The predicted octanol–water partition coefficient (Wildman–Crippen LogP) is 2.06. The average molecular weight is 298 g/mol. The first kappa shape index (κ1) is 13.9. The summed E-state index contributed by atoms with van der Waals surface area (Å²) in [7, 11) is -3.76. The van der Waals surface area contributed by atoms with E-state index >= 15 is 0 Å². The van der Waals surface area contributed by atoms with Gasteiger partial charge in [0.05, 0.1) is 10.6 Å². The Hall–Kier alpha value is -1.50. The third-order valence-corrected chi connectivity index (χ3v) is 3.84. The van der Waals surface area contributed by atoms with E-state index < -0.39 is 10.0 Å². The molecule has 0 aliphatic heterocycles. The Kier molecular flexibility index (Phi) is 3.58. The molecule has 0 aliphatic carbocycles. The summed E-state index contributed by atoms with van der Waals surface area (Å²) in [4.78, 5) is 8.27. The molecule has 7 heteroatoms. The fourth-order valence-corrected chi connectivity index (χ4v) is 2.78. The van der Waals surface area contributed by atoms with Crippen LogP contribution in [0.5, 0.6) is 0 Å². The van der Waals surface area contributed by atoms with Crippen LogP contribution >= 0.6 is 11.6 Å². The van der Waals surface area contributed by atoms with Crippen LogP contribution in [0.25, 0.3) is 11.3 Å². The van der Waals surface area contributed by atoms with Gasteiger partial charge in [-0.3, -0.25) is 0 Å². The summed E-state index contributed by atoms with van der Waals surface area (Å²) in [6.07, 6.45) is 0. The van der Waals surface area contributed by atoms with E-state index in [1.54, 1.807) is 32.0 Å². The minimum absolute atomic E-state index is 0.0809. The van der Waals surface area contributed by atoms with Crippen molar-refractivity contribution < 1.29 is 8.42 Å². The lowest BCUT2D eigenvalue weighted by Gasteiger charge is -2.07. The van der Waals surface area contributed by atoms with Gasteiger partial charge in [-0.2, -0.15) is 0 Å². The second kappa shape index (κ2) is 4.88. The molecule has 1 heterocycles. The molecule has 5 nitrogen and oxygen atoms in total. The van der Waals surface area contributed by atoms with Crippen LogP contribution < -0.4 is 5.14 Å². The molecule has 100 valence electrons. The van der Waals surface area contributed by atoms with E-state index in [-0.39, 0.29) is 4.90 Å². The molecule has 1 aromatic carbocycles. The van der Waals surface area contributed by atoms with Crippen LogP contribution in [0.2, 0.25) is 5.15 Å². The van der Waals surface area contributed by atoms with E-state index in [9.17, 15) is 8.42 Å². The number of primary sulfonamides is 1. The molecule has 0 saturated heterocycles. The van der Waals surface area contributed by atoms with E-state index in [2.05, 4.69) is 9.97 Å². The first-order valence-corrected chi connectivity index (χ1v) is 7.35.